The summed E-state index contributed by atoms with van der Waals surface area (Å²) in [6.07, 6.45) is 1.71. The summed E-state index contributed by atoms with van der Waals surface area (Å²) < 4.78 is 4.77. The van der Waals surface area contributed by atoms with E-state index in [4.69, 9.17) is 4.74 Å². The number of anilines is 1. The number of amides is 1. The Morgan fingerprint density at radius 1 is 1.41 bits per heavy atom. The van der Waals surface area contributed by atoms with Gasteiger partial charge in [0.15, 0.2) is 0 Å². The molecule has 0 spiro atoms. The third-order valence-electron chi connectivity index (χ3n) is 4.27. The summed E-state index contributed by atoms with van der Waals surface area (Å²) in [6.45, 7) is 0.525. The van der Waals surface area contributed by atoms with Gasteiger partial charge in [0.05, 0.1) is 12.7 Å². The number of esters is 1. The largest absolute Gasteiger partial charge is 0.465 e. The Labute approximate surface area is 127 Å². The van der Waals surface area contributed by atoms with Crippen LogP contribution in [-0.2, 0) is 16.0 Å². The van der Waals surface area contributed by atoms with Crippen LogP contribution in [0, 0.1) is 16.0 Å². The van der Waals surface area contributed by atoms with E-state index < -0.39 is 22.9 Å². The average molecular weight is 304 g/mol. The average Bonchev–Trinajstić information content (AvgIpc) is 3.33. The highest BCUT2D eigenvalue weighted by Gasteiger charge is 2.55. The SMILES string of the molecule is COC(=O)c1cccc2c1CCCN2C(=O)C1CC1[N+](=O)[O-]. The smallest absolute Gasteiger partial charge is 0.338 e. The molecule has 2 atom stereocenters. The number of benzene rings is 1. The second-order valence-electron chi connectivity index (χ2n) is 5.58. The van der Waals surface area contributed by atoms with Crippen LogP contribution in [0.25, 0.3) is 0 Å². The number of carbonyl (C=O) groups excluding carboxylic acids is 2. The van der Waals surface area contributed by atoms with Crippen LogP contribution < -0.4 is 4.90 Å². The summed E-state index contributed by atoms with van der Waals surface area (Å²) in [7, 11) is 1.32. The number of methoxy groups -OCH3 is 1. The molecule has 2 aliphatic rings. The van der Waals surface area contributed by atoms with Gasteiger partial charge in [-0.15, -0.1) is 0 Å². The van der Waals surface area contributed by atoms with Gasteiger partial charge in [-0.2, -0.15) is 0 Å². The molecule has 0 radical (unpaired) electrons. The fourth-order valence-electron chi connectivity index (χ4n) is 3.03. The topological polar surface area (TPSA) is 89.8 Å². The summed E-state index contributed by atoms with van der Waals surface area (Å²) >= 11 is 0. The van der Waals surface area contributed by atoms with Crippen LogP contribution in [0.15, 0.2) is 18.2 Å². The van der Waals surface area contributed by atoms with Gasteiger partial charge in [0.1, 0.15) is 5.92 Å². The van der Waals surface area contributed by atoms with Gasteiger partial charge >= 0.3 is 5.97 Å². The Balaban J connectivity index is 1.91. The Kier molecular flexibility index (Phi) is 3.56. The van der Waals surface area contributed by atoms with E-state index >= 15 is 0 Å². The molecule has 2 unspecified atom stereocenters. The van der Waals surface area contributed by atoms with E-state index in [9.17, 15) is 19.7 Å². The van der Waals surface area contributed by atoms with Gasteiger partial charge in [0.25, 0.3) is 0 Å². The molecule has 1 aromatic carbocycles. The predicted octanol–water partition coefficient (Wildman–Crippen LogP) is 1.42. The maximum absolute atomic E-state index is 12.5. The first-order valence-electron chi connectivity index (χ1n) is 7.19. The lowest BCUT2D eigenvalue weighted by Gasteiger charge is -2.30. The molecule has 0 saturated heterocycles. The van der Waals surface area contributed by atoms with Crippen molar-refractivity contribution in [2.75, 3.05) is 18.6 Å². The molecule has 3 rings (SSSR count). The van der Waals surface area contributed by atoms with E-state index in [2.05, 4.69) is 0 Å². The zero-order valence-corrected chi connectivity index (χ0v) is 12.2. The van der Waals surface area contributed by atoms with Crippen molar-refractivity contribution in [2.24, 2.45) is 5.92 Å². The molecule has 0 bridgehead atoms. The second kappa shape index (κ2) is 5.40. The standard InChI is InChI=1S/C15H16N2O5/c1-22-15(19)10-4-2-6-12-9(10)5-3-7-16(12)14(18)11-8-13(11)17(20)21/h2,4,6,11,13H,3,5,7-8H2,1H3. The van der Waals surface area contributed by atoms with E-state index in [1.165, 1.54) is 7.11 Å². The number of ether oxygens (including phenoxy) is 1. The number of carbonyl (C=O) groups is 2. The highest BCUT2D eigenvalue weighted by atomic mass is 16.6. The Morgan fingerprint density at radius 2 is 2.18 bits per heavy atom. The Morgan fingerprint density at radius 3 is 2.82 bits per heavy atom. The normalized spacial score (nSPS) is 22.7. The van der Waals surface area contributed by atoms with Crippen molar-refractivity contribution in [3.05, 3.63) is 39.4 Å². The highest BCUT2D eigenvalue weighted by molar-refractivity contribution is 6.00. The van der Waals surface area contributed by atoms with Gasteiger partial charge in [-0.3, -0.25) is 14.9 Å². The van der Waals surface area contributed by atoms with Crippen LogP contribution in [0.5, 0.6) is 0 Å². The predicted molar refractivity (Wildman–Crippen MR) is 77.3 cm³/mol. The first kappa shape index (κ1) is 14.5. The van der Waals surface area contributed by atoms with Crippen LogP contribution in [0.2, 0.25) is 0 Å². The maximum atomic E-state index is 12.5. The Bertz CT molecular complexity index is 657. The van der Waals surface area contributed by atoms with E-state index in [1.54, 1.807) is 23.1 Å². The minimum Gasteiger partial charge on any atom is -0.465 e. The molecule has 1 heterocycles. The molecule has 1 aromatic rings. The molecule has 1 amide bonds. The number of nitro groups is 1. The van der Waals surface area contributed by atoms with Crippen molar-refractivity contribution in [1.29, 1.82) is 0 Å². The molecule has 116 valence electrons. The molecular formula is C15H16N2O5. The number of hydrogen-bond acceptors (Lipinski definition) is 5. The summed E-state index contributed by atoms with van der Waals surface area (Å²) in [5.41, 5.74) is 1.92. The van der Waals surface area contributed by atoms with E-state index in [1.807, 2.05) is 0 Å². The summed E-state index contributed by atoms with van der Waals surface area (Å²) in [5, 5.41) is 10.8. The van der Waals surface area contributed by atoms with Crippen molar-refractivity contribution in [2.45, 2.75) is 25.3 Å². The highest BCUT2D eigenvalue weighted by Crippen LogP contribution is 2.38. The third-order valence-corrected chi connectivity index (χ3v) is 4.27. The van der Waals surface area contributed by atoms with Crippen molar-refractivity contribution in [3.63, 3.8) is 0 Å². The fourth-order valence-corrected chi connectivity index (χ4v) is 3.03. The van der Waals surface area contributed by atoms with E-state index in [-0.39, 0.29) is 5.91 Å². The van der Waals surface area contributed by atoms with Gasteiger partial charge < -0.3 is 9.64 Å². The van der Waals surface area contributed by atoms with Crippen molar-refractivity contribution < 1.29 is 19.2 Å². The first-order valence-corrected chi connectivity index (χ1v) is 7.19. The van der Waals surface area contributed by atoms with Crippen LogP contribution >= 0.6 is 0 Å². The zero-order chi connectivity index (χ0) is 15.9. The molecule has 1 aliphatic heterocycles. The number of hydrogen-bond donors (Lipinski definition) is 0. The number of rotatable bonds is 3. The molecule has 0 aromatic heterocycles. The number of fused-ring (bicyclic) bond motifs is 1. The van der Waals surface area contributed by atoms with Crippen molar-refractivity contribution >= 4 is 17.6 Å². The van der Waals surface area contributed by atoms with Gasteiger partial charge in [0, 0.05) is 23.6 Å². The van der Waals surface area contributed by atoms with Crippen LogP contribution in [0.3, 0.4) is 0 Å². The van der Waals surface area contributed by atoms with E-state index in [0.717, 1.165) is 12.0 Å². The minimum atomic E-state index is -0.762. The quantitative estimate of drug-likeness (QED) is 0.478. The van der Waals surface area contributed by atoms with Gasteiger partial charge in [0.2, 0.25) is 11.9 Å². The van der Waals surface area contributed by atoms with Crippen molar-refractivity contribution in [3.8, 4) is 0 Å². The summed E-state index contributed by atoms with van der Waals surface area (Å²) in [6, 6.07) is 4.40. The molecular weight excluding hydrogens is 288 g/mol. The van der Waals surface area contributed by atoms with Gasteiger partial charge in [-0.05, 0) is 30.5 Å². The summed E-state index contributed by atoms with van der Waals surface area (Å²) in [4.78, 5) is 36.3. The molecule has 1 aliphatic carbocycles. The monoisotopic (exact) mass is 304 g/mol. The maximum Gasteiger partial charge on any atom is 0.338 e. The zero-order valence-electron chi connectivity index (χ0n) is 12.2. The van der Waals surface area contributed by atoms with Gasteiger partial charge in [-0.25, -0.2) is 4.79 Å². The Hall–Kier alpha value is -2.44. The fraction of sp³-hybridized carbons (Fsp3) is 0.467. The molecule has 0 N–H and O–H groups in total. The molecule has 7 nitrogen and oxygen atoms in total. The third kappa shape index (κ3) is 2.32. The van der Waals surface area contributed by atoms with Crippen molar-refractivity contribution in [1.82, 2.24) is 0 Å². The number of nitrogens with zero attached hydrogens (tertiary/aromatic N) is 2. The van der Waals surface area contributed by atoms with Crippen LogP contribution in [-0.4, -0.2) is 36.5 Å². The molecule has 22 heavy (non-hydrogen) atoms. The summed E-state index contributed by atoms with van der Waals surface area (Å²) in [5.74, 6) is -1.19. The van der Waals surface area contributed by atoms with Gasteiger partial charge in [-0.1, -0.05) is 6.07 Å². The van der Waals surface area contributed by atoms with E-state index in [0.29, 0.717) is 30.6 Å². The lowest BCUT2D eigenvalue weighted by molar-refractivity contribution is -0.497. The minimum absolute atomic E-state index is 0.218. The lowest BCUT2D eigenvalue weighted by atomic mass is 9.96. The van der Waals surface area contributed by atoms with Crippen LogP contribution in [0.1, 0.15) is 28.8 Å². The second-order valence-corrected chi connectivity index (χ2v) is 5.58. The molecule has 1 saturated carbocycles. The molecule has 7 heteroatoms. The molecule has 1 fully saturated rings. The lowest BCUT2D eigenvalue weighted by Crippen LogP contribution is -2.38. The first-order chi connectivity index (χ1) is 10.5. The van der Waals surface area contributed by atoms with Crippen LogP contribution in [0.4, 0.5) is 5.69 Å².